The zero-order chi connectivity index (χ0) is 16.6. The van der Waals surface area contributed by atoms with Crippen LogP contribution in [-0.2, 0) is 14.3 Å². The van der Waals surface area contributed by atoms with Gasteiger partial charge in [-0.3, -0.25) is 14.6 Å². The van der Waals surface area contributed by atoms with Crippen LogP contribution >= 0.6 is 11.3 Å². The summed E-state index contributed by atoms with van der Waals surface area (Å²) in [5, 5.41) is 0. The summed E-state index contributed by atoms with van der Waals surface area (Å²) >= 11 is 1.64. The van der Waals surface area contributed by atoms with E-state index < -0.39 is 5.92 Å². The molecule has 122 valence electrons. The van der Waals surface area contributed by atoms with E-state index in [-0.39, 0.29) is 17.7 Å². The number of carbonyl (C=O) groups excluding carboxylic acids is 2. The summed E-state index contributed by atoms with van der Waals surface area (Å²) in [6.45, 7) is 6.04. The van der Waals surface area contributed by atoms with Gasteiger partial charge in [-0.1, -0.05) is 0 Å². The molecule has 3 rings (SSSR count). The lowest BCUT2D eigenvalue weighted by atomic mass is 9.74. The number of allylic oxidation sites excluding steroid dienone is 2. The molecule has 1 aliphatic carbocycles. The third-order valence-corrected chi connectivity index (χ3v) is 5.53. The quantitative estimate of drug-likeness (QED) is 0.792. The highest BCUT2D eigenvalue weighted by atomic mass is 32.1. The van der Waals surface area contributed by atoms with E-state index in [2.05, 4.69) is 4.99 Å². The predicted molar refractivity (Wildman–Crippen MR) is 90.9 cm³/mol. The van der Waals surface area contributed by atoms with Crippen molar-refractivity contribution in [2.45, 2.75) is 46.0 Å². The number of ketones is 1. The van der Waals surface area contributed by atoms with E-state index >= 15 is 0 Å². The zero-order valence-electron chi connectivity index (χ0n) is 13.7. The maximum Gasteiger partial charge on any atom is 0.315 e. The summed E-state index contributed by atoms with van der Waals surface area (Å²) < 4.78 is 5.28. The third-order valence-electron chi connectivity index (χ3n) is 4.44. The highest BCUT2D eigenvalue weighted by Crippen LogP contribution is 2.45. The minimum Gasteiger partial charge on any atom is -0.465 e. The number of aliphatic imine (C=N–C) groups is 1. The van der Waals surface area contributed by atoms with Crippen molar-refractivity contribution in [3.63, 3.8) is 0 Å². The highest BCUT2D eigenvalue weighted by Gasteiger charge is 2.43. The van der Waals surface area contributed by atoms with Crippen molar-refractivity contribution in [3.05, 3.63) is 33.2 Å². The number of rotatable bonds is 3. The molecule has 0 spiro atoms. The smallest absolute Gasteiger partial charge is 0.315 e. The first-order chi connectivity index (χ1) is 11.0. The van der Waals surface area contributed by atoms with Gasteiger partial charge in [-0.25, -0.2) is 0 Å². The molecule has 4 nitrogen and oxygen atoms in total. The van der Waals surface area contributed by atoms with Crippen LogP contribution in [0.5, 0.6) is 0 Å². The lowest BCUT2D eigenvalue weighted by Gasteiger charge is -2.33. The molecule has 2 heterocycles. The van der Waals surface area contributed by atoms with Crippen LogP contribution in [0.1, 0.15) is 48.8 Å². The van der Waals surface area contributed by atoms with Gasteiger partial charge in [0.2, 0.25) is 0 Å². The first-order valence-corrected chi connectivity index (χ1v) is 8.89. The monoisotopic (exact) mass is 331 g/mol. The number of hydrogen-bond acceptors (Lipinski definition) is 5. The summed E-state index contributed by atoms with van der Waals surface area (Å²) in [5.74, 6) is -0.885. The van der Waals surface area contributed by atoms with Gasteiger partial charge in [-0.05, 0) is 45.7 Å². The lowest BCUT2D eigenvalue weighted by Crippen LogP contribution is -2.37. The topological polar surface area (TPSA) is 55.7 Å². The number of aryl methyl sites for hydroxylation is 1. The van der Waals surface area contributed by atoms with Gasteiger partial charge >= 0.3 is 5.97 Å². The molecule has 1 aromatic heterocycles. The number of hydrogen-bond donors (Lipinski definition) is 0. The molecular formula is C18H21NO3S. The standard InChI is InChI=1S/C18H21NO3S/c1-4-22-18(21)15-11(3)19-12-6-5-7-13(20)16(12)17(15)14-9-8-10(2)23-14/h8-9,15,17H,4-7H2,1-3H3/t15?,17-/m1/s1. The summed E-state index contributed by atoms with van der Waals surface area (Å²) in [6, 6.07) is 4.07. The van der Waals surface area contributed by atoms with Gasteiger partial charge < -0.3 is 4.74 Å². The van der Waals surface area contributed by atoms with E-state index in [1.54, 1.807) is 18.3 Å². The Balaban J connectivity index is 2.13. The number of nitrogens with zero attached hydrogens (tertiary/aromatic N) is 1. The Hall–Kier alpha value is -1.75. The SMILES string of the molecule is CCOC(=O)C1C(C)=NC2=C(C(=O)CCC2)[C@@H]1c1ccc(C)s1. The maximum atomic E-state index is 12.6. The molecule has 2 aliphatic rings. The van der Waals surface area contributed by atoms with Crippen molar-refractivity contribution in [3.8, 4) is 0 Å². The Kier molecular flexibility index (Phi) is 4.48. The minimum atomic E-state index is -0.492. The molecule has 0 saturated carbocycles. The predicted octanol–water partition coefficient (Wildman–Crippen LogP) is 3.80. The summed E-state index contributed by atoms with van der Waals surface area (Å²) in [4.78, 5) is 32.0. The largest absolute Gasteiger partial charge is 0.465 e. The summed E-state index contributed by atoms with van der Waals surface area (Å²) in [7, 11) is 0. The molecule has 1 aromatic rings. The molecule has 0 bridgehead atoms. The van der Waals surface area contributed by atoms with E-state index in [0.29, 0.717) is 13.0 Å². The van der Waals surface area contributed by atoms with Crippen molar-refractivity contribution in [1.29, 1.82) is 0 Å². The Labute approximate surface area is 140 Å². The van der Waals surface area contributed by atoms with Crippen LogP contribution in [0.4, 0.5) is 0 Å². The van der Waals surface area contributed by atoms with Gasteiger partial charge in [-0.2, -0.15) is 0 Å². The first-order valence-electron chi connectivity index (χ1n) is 8.07. The molecule has 0 aromatic carbocycles. The molecule has 0 fully saturated rings. The van der Waals surface area contributed by atoms with Crippen molar-refractivity contribution in [2.24, 2.45) is 10.9 Å². The van der Waals surface area contributed by atoms with E-state index in [0.717, 1.165) is 34.7 Å². The van der Waals surface area contributed by atoms with Gasteiger partial charge in [0.05, 0.1) is 6.61 Å². The second-order valence-corrected chi connectivity index (χ2v) is 7.37. The normalized spacial score (nSPS) is 24.3. The minimum absolute atomic E-state index is 0.132. The fourth-order valence-corrected chi connectivity index (χ4v) is 4.50. The molecular weight excluding hydrogens is 310 g/mol. The average molecular weight is 331 g/mol. The molecule has 0 saturated heterocycles. The van der Waals surface area contributed by atoms with Crippen molar-refractivity contribution < 1.29 is 14.3 Å². The molecule has 0 N–H and O–H groups in total. The van der Waals surface area contributed by atoms with E-state index in [9.17, 15) is 9.59 Å². The van der Waals surface area contributed by atoms with Crippen LogP contribution < -0.4 is 0 Å². The van der Waals surface area contributed by atoms with Crippen LogP contribution in [0, 0.1) is 12.8 Å². The fraction of sp³-hybridized carbons (Fsp3) is 0.500. The molecule has 2 atom stereocenters. The first kappa shape index (κ1) is 16.1. The van der Waals surface area contributed by atoms with E-state index in [4.69, 9.17) is 4.74 Å². The van der Waals surface area contributed by atoms with Crippen LogP contribution in [0.3, 0.4) is 0 Å². The number of carbonyl (C=O) groups is 2. The van der Waals surface area contributed by atoms with Crippen LogP contribution in [0.15, 0.2) is 28.4 Å². The van der Waals surface area contributed by atoms with Crippen molar-refractivity contribution in [2.75, 3.05) is 6.61 Å². The van der Waals surface area contributed by atoms with Gasteiger partial charge in [0, 0.05) is 39.1 Å². The fourth-order valence-electron chi connectivity index (χ4n) is 3.47. The molecule has 0 radical (unpaired) electrons. The summed E-state index contributed by atoms with van der Waals surface area (Å²) in [5.41, 5.74) is 2.37. The Morgan fingerprint density at radius 1 is 1.35 bits per heavy atom. The Bertz CT molecular complexity index is 714. The summed E-state index contributed by atoms with van der Waals surface area (Å²) in [6.07, 6.45) is 2.20. The number of ether oxygens (including phenoxy) is 1. The highest BCUT2D eigenvalue weighted by molar-refractivity contribution is 7.12. The molecule has 23 heavy (non-hydrogen) atoms. The number of esters is 1. The molecule has 1 aliphatic heterocycles. The van der Waals surface area contributed by atoms with Crippen LogP contribution in [0.25, 0.3) is 0 Å². The maximum absolute atomic E-state index is 12.6. The average Bonchev–Trinajstić information content (AvgIpc) is 2.92. The van der Waals surface area contributed by atoms with Gasteiger partial charge in [0.15, 0.2) is 5.78 Å². The lowest BCUT2D eigenvalue weighted by molar-refractivity contribution is -0.146. The second kappa shape index (κ2) is 6.40. The van der Waals surface area contributed by atoms with E-state index in [1.807, 2.05) is 26.0 Å². The van der Waals surface area contributed by atoms with E-state index in [1.165, 1.54) is 4.88 Å². The van der Waals surface area contributed by atoms with Crippen LogP contribution in [-0.4, -0.2) is 24.1 Å². The van der Waals surface area contributed by atoms with Gasteiger partial charge in [0.25, 0.3) is 0 Å². The third kappa shape index (κ3) is 2.90. The van der Waals surface area contributed by atoms with Crippen LogP contribution in [0.2, 0.25) is 0 Å². The Morgan fingerprint density at radius 2 is 2.13 bits per heavy atom. The number of Topliss-reactive ketones (excluding diaryl/α,β-unsaturated/α-hetero) is 1. The number of thiophene rings is 1. The van der Waals surface area contributed by atoms with Crippen molar-refractivity contribution >= 4 is 28.8 Å². The van der Waals surface area contributed by atoms with Gasteiger partial charge in [-0.15, -0.1) is 11.3 Å². The van der Waals surface area contributed by atoms with Gasteiger partial charge in [0.1, 0.15) is 5.92 Å². The Morgan fingerprint density at radius 3 is 2.78 bits per heavy atom. The zero-order valence-corrected chi connectivity index (χ0v) is 14.5. The van der Waals surface area contributed by atoms with Crippen molar-refractivity contribution in [1.82, 2.24) is 0 Å². The second-order valence-electron chi connectivity index (χ2n) is 6.05. The molecule has 1 unspecified atom stereocenters. The molecule has 0 amide bonds. The molecule has 5 heteroatoms.